The van der Waals surface area contributed by atoms with E-state index in [4.69, 9.17) is 11.0 Å². The van der Waals surface area contributed by atoms with Crippen molar-refractivity contribution in [2.24, 2.45) is 11.7 Å². The van der Waals surface area contributed by atoms with Gasteiger partial charge < -0.3 is 11.1 Å². The summed E-state index contributed by atoms with van der Waals surface area (Å²) in [4.78, 5) is 0. The first-order valence-corrected chi connectivity index (χ1v) is 6.91. The van der Waals surface area contributed by atoms with E-state index in [0.717, 1.165) is 12.8 Å². The molecule has 3 nitrogen and oxygen atoms in total. The minimum atomic E-state index is -0.381. The van der Waals surface area contributed by atoms with E-state index < -0.39 is 0 Å². The lowest BCUT2D eigenvalue weighted by atomic mass is 9.84. The van der Waals surface area contributed by atoms with Gasteiger partial charge in [-0.1, -0.05) is 19.3 Å². The molecule has 1 atom stereocenters. The molecule has 1 fully saturated rings. The van der Waals surface area contributed by atoms with Crippen molar-refractivity contribution in [3.63, 3.8) is 0 Å². The lowest BCUT2D eigenvalue weighted by Gasteiger charge is -2.30. The second-order valence-electron chi connectivity index (χ2n) is 5.19. The molecule has 1 unspecified atom stereocenters. The van der Waals surface area contributed by atoms with Crippen molar-refractivity contribution >= 4 is 5.69 Å². The largest absolute Gasteiger partial charge is 0.378 e. The highest BCUT2D eigenvalue weighted by molar-refractivity contribution is 5.49. The van der Waals surface area contributed by atoms with Crippen molar-refractivity contribution in [2.45, 2.75) is 38.1 Å². The number of nitrogens with zero attached hydrogens (tertiary/aromatic N) is 1. The molecule has 19 heavy (non-hydrogen) atoms. The van der Waals surface area contributed by atoms with Gasteiger partial charge in [0.15, 0.2) is 0 Å². The van der Waals surface area contributed by atoms with Gasteiger partial charge in [0.1, 0.15) is 5.82 Å². The van der Waals surface area contributed by atoms with E-state index in [9.17, 15) is 4.39 Å². The molecule has 1 saturated carbocycles. The summed E-state index contributed by atoms with van der Waals surface area (Å²) >= 11 is 0. The quantitative estimate of drug-likeness (QED) is 0.875. The molecule has 0 saturated heterocycles. The first-order chi connectivity index (χ1) is 9.24. The fraction of sp³-hybridized carbons (Fsp3) is 0.533. The van der Waals surface area contributed by atoms with Crippen molar-refractivity contribution in [2.75, 3.05) is 11.9 Å². The maximum absolute atomic E-state index is 13.8. The van der Waals surface area contributed by atoms with E-state index in [1.54, 1.807) is 12.1 Å². The highest BCUT2D eigenvalue weighted by atomic mass is 19.1. The van der Waals surface area contributed by atoms with Gasteiger partial charge in [-0.15, -0.1) is 0 Å². The van der Waals surface area contributed by atoms with Crippen LogP contribution in [0.4, 0.5) is 10.1 Å². The minimum Gasteiger partial charge on any atom is -0.378 e. The molecule has 0 bridgehead atoms. The Labute approximate surface area is 113 Å². The molecule has 0 spiro atoms. The van der Waals surface area contributed by atoms with Crippen LogP contribution in [0.15, 0.2) is 18.2 Å². The number of benzene rings is 1. The van der Waals surface area contributed by atoms with Crippen molar-refractivity contribution in [3.05, 3.63) is 29.6 Å². The fourth-order valence-corrected chi connectivity index (χ4v) is 2.81. The molecule has 1 aliphatic rings. The smallest absolute Gasteiger partial charge is 0.147 e. The Kier molecular flexibility index (Phi) is 4.75. The molecule has 4 heteroatoms. The molecule has 1 aromatic rings. The highest BCUT2D eigenvalue weighted by Gasteiger charge is 2.23. The Morgan fingerprint density at radius 2 is 2.11 bits per heavy atom. The monoisotopic (exact) mass is 261 g/mol. The second-order valence-corrected chi connectivity index (χ2v) is 5.19. The Balaban J connectivity index is 2.07. The van der Waals surface area contributed by atoms with Crippen LogP contribution >= 0.6 is 0 Å². The van der Waals surface area contributed by atoms with E-state index >= 15 is 0 Å². The van der Waals surface area contributed by atoms with Crippen molar-refractivity contribution in [3.8, 4) is 6.07 Å². The molecule has 0 aliphatic heterocycles. The lowest BCUT2D eigenvalue weighted by Crippen LogP contribution is -2.37. The second kappa shape index (κ2) is 6.53. The summed E-state index contributed by atoms with van der Waals surface area (Å²) in [7, 11) is 0. The van der Waals surface area contributed by atoms with Crippen LogP contribution in [0.1, 0.15) is 37.7 Å². The SMILES string of the molecule is N#Cc1ccc(NC(CN)C2CCCCC2)c(F)c1. The number of nitrogens with two attached hydrogens (primary N) is 1. The van der Waals surface area contributed by atoms with Gasteiger partial charge in [0.25, 0.3) is 0 Å². The van der Waals surface area contributed by atoms with Gasteiger partial charge >= 0.3 is 0 Å². The number of rotatable bonds is 4. The van der Waals surface area contributed by atoms with Crippen molar-refractivity contribution in [1.29, 1.82) is 5.26 Å². The van der Waals surface area contributed by atoms with Gasteiger partial charge in [-0.2, -0.15) is 5.26 Å². The van der Waals surface area contributed by atoms with E-state index in [-0.39, 0.29) is 11.9 Å². The van der Waals surface area contributed by atoms with Gasteiger partial charge in [-0.25, -0.2) is 4.39 Å². The van der Waals surface area contributed by atoms with Crippen LogP contribution in [0.5, 0.6) is 0 Å². The zero-order valence-electron chi connectivity index (χ0n) is 11.0. The van der Waals surface area contributed by atoms with Gasteiger partial charge in [0, 0.05) is 12.6 Å². The van der Waals surface area contributed by atoms with Crippen LogP contribution in [0.2, 0.25) is 0 Å². The predicted molar refractivity (Wildman–Crippen MR) is 74.2 cm³/mol. The normalized spacial score (nSPS) is 17.7. The van der Waals surface area contributed by atoms with Crippen LogP contribution < -0.4 is 11.1 Å². The molecule has 102 valence electrons. The number of nitrogens with one attached hydrogen (secondary N) is 1. The van der Waals surface area contributed by atoms with Crippen molar-refractivity contribution in [1.82, 2.24) is 0 Å². The van der Waals surface area contributed by atoms with Crippen LogP contribution in [-0.2, 0) is 0 Å². The summed E-state index contributed by atoms with van der Waals surface area (Å²) in [5.41, 5.74) is 6.60. The lowest BCUT2D eigenvalue weighted by molar-refractivity contribution is 0.320. The number of anilines is 1. The molecule has 0 heterocycles. The van der Waals surface area contributed by atoms with Gasteiger partial charge in [0.2, 0.25) is 0 Å². The van der Waals surface area contributed by atoms with Crippen LogP contribution in [-0.4, -0.2) is 12.6 Å². The highest BCUT2D eigenvalue weighted by Crippen LogP contribution is 2.28. The maximum atomic E-state index is 13.8. The zero-order valence-corrected chi connectivity index (χ0v) is 11.0. The third-order valence-corrected chi connectivity index (χ3v) is 3.91. The standard InChI is InChI=1S/C15H20FN3/c16-13-8-11(9-17)6-7-14(13)19-15(10-18)12-4-2-1-3-5-12/h6-8,12,15,19H,1-5,10,18H2. The average Bonchev–Trinajstić information content (AvgIpc) is 2.47. The minimum absolute atomic E-state index is 0.114. The van der Waals surface area contributed by atoms with E-state index in [1.165, 1.54) is 25.3 Å². The van der Waals surface area contributed by atoms with Crippen LogP contribution in [0.3, 0.4) is 0 Å². The summed E-state index contributed by atoms with van der Waals surface area (Å²) in [6.07, 6.45) is 6.08. The van der Waals surface area contributed by atoms with Crippen LogP contribution in [0, 0.1) is 23.1 Å². The van der Waals surface area contributed by atoms with Gasteiger partial charge in [0.05, 0.1) is 17.3 Å². The number of nitriles is 1. The molecular weight excluding hydrogens is 241 g/mol. The summed E-state index contributed by atoms with van der Waals surface area (Å²) in [6, 6.07) is 6.56. The number of hydrogen-bond donors (Lipinski definition) is 2. The summed E-state index contributed by atoms with van der Waals surface area (Å²) in [6.45, 7) is 0.504. The van der Waals surface area contributed by atoms with Crippen LogP contribution in [0.25, 0.3) is 0 Å². The van der Waals surface area contributed by atoms with E-state index in [2.05, 4.69) is 5.32 Å². The van der Waals surface area contributed by atoms with Crippen molar-refractivity contribution < 1.29 is 4.39 Å². The summed E-state index contributed by atoms with van der Waals surface area (Å²) in [5.74, 6) is 0.141. The first-order valence-electron chi connectivity index (χ1n) is 6.91. The third kappa shape index (κ3) is 3.45. The van der Waals surface area contributed by atoms with Gasteiger partial charge in [-0.3, -0.25) is 0 Å². The molecule has 1 aromatic carbocycles. The Morgan fingerprint density at radius 1 is 1.37 bits per heavy atom. The molecule has 0 aromatic heterocycles. The van der Waals surface area contributed by atoms with E-state index in [1.807, 2.05) is 6.07 Å². The summed E-state index contributed by atoms with van der Waals surface area (Å²) < 4.78 is 13.8. The maximum Gasteiger partial charge on any atom is 0.147 e. The Morgan fingerprint density at radius 3 is 2.68 bits per heavy atom. The molecule has 1 aliphatic carbocycles. The Hall–Kier alpha value is -1.60. The molecule has 0 radical (unpaired) electrons. The topological polar surface area (TPSA) is 61.8 Å². The third-order valence-electron chi connectivity index (χ3n) is 3.91. The first kappa shape index (κ1) is 13.8. The number of halogens is 1. The van der Waals surface area contributed by atoms with Gasteiger partial charge in [-0.05, 0) is 37.0 Å². The average molecular weight is 261 g/mol. The zero-order chi connectivity index (χ0) is 13.7. The molecule has 0 amide bonds. The molecule has 3 N–H and O–H groups in total. The number of hydrogen-bond acceptors (Lipinski definition) is 3. The summed E-state index contributed by atoms with van der Waals surface area (Å²) in [5, 5.41) is 11.9. The van der Waals surface area contributed by atoms with E-state index in [0.29, 0.717) is 23.7 Å². The Bertz CT molecular complexity index is 461. The molecule has 2 rings (SSSR count). The fourth-order valence-electron chi connectivity index (χ4n) is 2.81. The molecular formula is C15H20FN3. The predicted octanol–water partition coefficient (Wildman–Crippen LogP) is 3.02.